The normalized spacial score (nSPS) is 10.1. The number of hydrogen-bond acceptors (Lipinski definition) is 2. The van der Waals surface area contributed by atoms with E-state index in [4.69, 9.17) is 4.74 Å². The van der Waals surface area contributed by atoms with Gasteiger partial charge in [0, 0.05) is 16.8 Å². The number of nitrogens with one attached hydrogen (secondary N) is 1. The van der Waals surface area contributed by atoms with Gasteiger partial charge in [0.2, 0.25) is 0 Å². The van der Waals surface area contributed by atoms with Gasteiger partial charge < -0.3 is 10.1 Å². The van der Waals surface area contributed by atoms with Gasteiger partial charge in [0.15, 0.2) is 0 Å². The topological polar surface area (TPSA) is 38.3 Å². The highest BCUT2D eigenvalue weighted by atomic mass is 16.5. The van der Waals surface area contributed by atoms with Crippen LogP contribution in [0.1, 0.15) is 10.4 Å². The molecule has 1 amide bonds. The Morgan fingerprint density at radius 3 is 2.32 bits per heavy atom. The Labute approximate surface area is 147 Å². The molecule has 0 fully saturated rings. The van der Waals surface area contributed by atoms with Gasteiger partial charge in [-0.3, -0.25) is 4.79 Å². The molecule has 3 aromatic carbocycles. The van der Waals surface area contributed by atoms with Crippen LogP contribution in [0.25, 0.3) is 11.1 Å². The molecule has 0 spiro atoms. The van der Waals surface area contributed by atoms with Gasteiger partial charge in [-0.1, -0.05) is 61.2 Å². The van der Waals surface area contributed by atoms with E-state index >= 15 is 0 Å². The molecule has 0 saturated carbocycles. The number of para-hydroxylation sites is 1. The maximum atomic E-state index is 12.6. The minimum absolute atomic E-state index is 0.154. The summed E-state index contributed by atoms with van der Waals surface area (Å²) in [5, 5.41) is 2.99. The zero-order valence-corrected chi connectivity index (χ0v) is 13.8. The maximum absolute atomic E-state index is 12.6. The molecule has 0 saturated heterocycles. The minimum atomic E-state index is -0.154. The molecule has 3 nitrogen and oxygen atoms in total. The van der Waals surface area contributed by atoms with Crippen molar-refractivity contribution in [3.8, 4) is 16.9 Å². The summed E-state index contributed by atoms with van der Waals surface area (Å²) in [5.41, 5.74) is 3.41. The molecule has 0 heterocycles. The molecule has 124 valence electrons. The van der Waals surface area contributed by atoms with Crippen molar-refractivity contribution < 1.29 is 9.53 Å². The second kappa shape index (κ2) is 7.97. The molecular weight excluding hydrogens is 310 g/mol. The molecule has 0 aliphatic rings. The molecule has 0 radical (unpaired) electrons. The number of carbonyl (C=O) groups is 1. The fourth-order valence-electron chi connectivity index (χ4n) is 2.51. The number of benzene rings is 3. The number of amides is 1. The lowest BCUT2D eigenvalue weighted by atomic mass is 10.0. The van der Waals surface area contributed by atoms with Gasteiger partial charge in [0.1, 0.15) is 12.4 Å². The monoisotopic (exact) mass is 329 g/mol. The van der Waals surface area contributed by atoms with Crippen molar-refractivity contribution in [3.63, 3.8) is 0 Å². The Kier molecular flexibility index (Phi) is 5.27. The van der Waals surface area contributed by atoms with Crippen LogP contribution in [0, 0.1) is 0 Å². The second-order valence-electron chi connectivity index (χ2n) is 5.49. The summed E-state index contributed by atoms with van der Waals surface area (Å²) in [7, 11) is 0. The summed E-state index contributed by atoms with van der Waals surface area (Å²) in [6.07, 6.45) is 1.68. The van der Waals surface area contributed by atoms with Crippen molar-refractivity contribution in [1.82, 2.24) is 0 Å². The van der Waals surface area contributed by atoms with Crippen LogP contribution in [0.4, 0.5) is 5.69 Å². The van der Waals surface area contributed by atoms with E-state index in [1.165, 1.54) is 0 Å². The van der Waals surface area contributed by atoms with Gasteiger partial charge in [-0.2, -0.15) is 0 Å². The second-order valence-corrected chi connectivity index (χ2v) is 5.49. The molecule has 0 aliphatic carbocycles. The summed E-state index contributed by atoms with van der Waals surface area (Å²) < 4.78 is 5.44. The molecule has 1 N–H and O–H groups in total. The number of anilines is 1. The Morgan fingerprint density at radius 2 is 1.60 bits per heavy atom. The Hall–Kier alpha value is -3.33. The molecule has 3 heteroatoms. The fourth-order valence-corrected chi connectivity index (χ4v) is 2.51. The third kappa shape index (κ3) is 4.15. The van der Waals surface area contributed by atoms with E-state index in [-0.39, 0.29) is 5.91 Å². The third-order valence-electron chi connectivity index (χ3n) is 3.74. The molecule has 0 unspecified atom stereocenters. The van der Waals surface area contributed by atoms with Crippen molar-refractivity contribution in [2.45, 2.75) is 0 Å². The smallest absolute Gasteiger partial charge is 0.255 e. The van der Waals surface area contributed by atoms with Gasteiger partial charge in [-0.05, 0) is 35.9 Å². The first-order chi connectivity index (χ1) is 12.3. The highest BCUT2D eigenvalue weighted by Crippen LogP contribution is 2.28. The summed E-state index contributed by atoms with van der Waals surface area (Å²) in [6, 6.07) is 24.8. The van der Waals surface area contributed by atoms with E-state index in [9.17, 15) is 4.79 Å². The number of rotatable bonds is 6. The number of carbonyl (C=O) groups excluding carboxylic acids is 1. The van der Waals surface area contributed by atoms with Gasteiger partial charge in [0.25, 0.3) is 5.91 Å². The Bertz CT molecular complexity index is 855. The zero-order valence-electron chi connectivity index (χ0n) is 13.8. The predicted octanol–water partition coefficient (Wildman–Crippen LogP) is 5.17. The summed E-state index contributed by atoms with van der Waals surface area (Å²) in [5.74, 6) is 0.555. The van der Waals surface area contributed by atoms with Crippen molar-refractivity contribution in [2.75, 3.05) is 11.9 Å². The van der Waals surface area contributed by atoms with Crippen LogP contribution in [0.2, 0.25) is 0 Å². The average Bonchev–Trinajstić information content (AvgIpc) is 2.68. The van der Waals surface area contributed by atoms with Crippen LogP contribution >= 0.6 is 0 Å². The van der Waals surface area contributed by atoms with Crippen LogP contribution in [-0.4, -0.2) is 12.5 Å². The van der Waals surface area contributed by atoms with Crippen molar-refractivity contribution in [2.24, 2.45) is 0 Å². The molecule has 3 aromatic rings. The Balaban J connectivity index is 1.79. The SMILES string of the molecule is C=CCOc1ccc(C(=O)Nc2ccccc2-c2ccccc2)cc1. The van der Waals surface area contributed by atoms with E-state index in [0.717, 1.165) is 16.8 Å². The third-order valence-corrected chi connectivity index (χ3v) is 3.74. The molecular formula is C22H19NO2. The highest BCUT2D eigenvalue weighted by molar-refractivity contribution is 6.06. The van der Waals surface area contributed by atoms with Crippen LogP contribution in [0.5, 0.6) is 5.75 Å². The molecule has 0 atom stereocenters. The molecule has 25 heavy (non-hydrogen) atoms. The predicted molar refractivity (Wildman–Crippen MR) is 102 cm³/mol. The average molecular weight is 329 g/mol. The van der Waals surface area contributed by atoms with Crippen LogP contribution in [0.15, 0.2) is 91.5 Å². The lowest BCUT2D eigenvalue weighted by Crippen LogP contribution is -2.12. The fraction of sp³-hybridized carbons (Fsp3) is 0.0455. The first-order valence-corrected chi connectivity index (χ1v) is 8.07. The molecule has 3 rings (SSSR count). The first-order valence-electron chi connectivity index (χ1n) is 8.07. The molecule has 0 bridgehead atoms. The maximum Gasteiger partial charge on any atom is 0.255 e. The van der Waals surface area contributed by atoms with Gasteiger partial charge in [-0.25, -0.2) is 0 Å². The van der Waals surface area contributed by atoms with Gasteiger partial charge in [-0.15, -0.1) is 0 Å². The largest absolute Gasteiger partial charge is 0.490 e. The van der Waals surface area contributed by atoms with Gasteiger partial charge >= 0.3 is 0 Å². The minimum Gasteiger partial charge on any atom is -0.490 e. The van der Waals surface area contributed by atoms with Gasteiger partial charge in [0.05, 0.1) is 0 Å². The van der Waals surface area contributed by atoms with Crippen LogP contribution in [-0.2, 0) is 0 Å². The molecule has 0 aromatic heterocycles. The van der Waals surface area contributed by atoms with E-state index in [1.807, 2.05) is 54.6 Å². The van der Waals surface area contributed by atoms with Crippen molar-refractivity contribution in [1.29, 1.82) is 0 Å². The van der Waals surface area contributed by atoms with E-state index < -0.39 is 0 Å². The lowest BCUT2D eigenvalue weighted by molar-refractivity contribution is 0.102. The summed E-state index contributed by atoms with van der Waals surface area (Å²) in [4.78, 5) is 12.6. The molecule has 0 aliphatic heterocycles. The van der Waals surface area contributed by atoms with Crippen molar-refractivity contribution >= 4 is 11.6 Å². The lowest BCUT2D eigenvalue weighted by Gasteiger charge is -2.11. The number of ether oxygens (including phenoxy) is 1. The van der Waals surface area contributed by atoms with Crippen molar-refractivity contribution in [3.05, 3.63) is 97.1 Å². The highest BCUT2D eigenvalue weighted by Gasteiger charge is 2.10. The van der Waals surface area contributed by atoms with Crippen LogP contribution < -0.4 is 10.1 Å². The first kappa shape index (κ1) is 16.5. The zero-order chi connectivity index (χ0) is 17.5. The van der Waals surface area contributed by atoms with E-state index in [0.29, 0.717) is 17.9 Å². The Morgan fingerprint density at radius 1 is 0.920 bits per heavy atom. The summed E-state index contributed by atoms with van der Waals surface area (Å²) >= 11 is 0. The van der Waals surface area contributed by atoms with E-state index in [1.54, 1.807) is 30.3 Å². The number of hydrogen-bond donors (Lipinski definition) is 1. The summed E-state index contributed by atoms with van der Waals surface area (Å²) in [6.45, 7) is 4.05. The quantitative estimate of drug-likeness (QED) is 0.634. The van der Waals surface area contributed by atoms with E-state index in [2.05, 4.69) is 11.9 Å². The van der Waals surface area contributed by atoms with Crippen LogP contribution in [0.3, 0.4) is 0 Å². The standard InChI is InChI=1S/C22H19NO2/c1-2-16-25-19-14-12-18(13-15-19)22(24)23-21-11-7-6-10-20(21)17-8-4-3-5-9-17/h2-15H,1,16H2,(H,23,24).